The highest BCUT2D eigenvalue weighted by atomic mass is 16.5. The van der Waals surface area contributed by atoms with Crippen LogP contribution in [-0.2, 0) is 14.3 Å². The predicted molar refractivity (Wildman–Crippen MR) is 79.8 cm³/mol. The third-order valence-electron chi connectivity index (χ3n) is 3.93. The van der Waals surface area contributed by atoms with Crippen LogP contribution >= 0.6 is 0 Å². The first-order chi connectivity index (χ1) is 9.42. The van der Waals surface area contributed by atoms with E-state index in [9.17, 15) is 4.79 Å². The lowest BCUT2D eigenvalue weighted by Gasteiger charge is -2.39. The van der Waals surface area contributed by atoms with Crippen LogP contribution in [0.15, 0.2) is 0 Å². The fraction of sp³-hybridized carbons (Fsp3) is 0.933. The maximum atomic E-state index is 12.1. The monoisotopic (exact) mass is 286 g/mol. The third kappa shape index (κ3) is 4.72. The molecule has 0 aromatic heterocycles. The topological polar surface area (TPSA) is 50.8 Å². The second-order valence-corrected chi connectivity index (χ2v) is 5.82. The summed E-state index contributed by atoms with van der Waals surface area (Å²) in [6, 6.07) is 0.402. The number of hydrogen-bond acceptors (Lipinski definition) is 5. The first kappa shape index (κ1) is 17.4. The summed E-state index contributed by atoms with van der Waals surface area (Å²) in [4.78, 5) is 14.5. The van der Waals surface area contributed by atoms with E-state index < -0.39 is 5.54 Å². The van der Waals surface area contributed by atoms with Crippen molar-refractivity contribution in [2.75, 3.05) is 32.8 Å². The Morgan fingerprint density at radius 3 is 2.75 bits per heavy atom. The number of rotatable bonds is 7. The molecule has 1 aliphatic rings. The van der Waals surface area contributed by atoms with Crippen molar-refractivity contribution in [2.24, 2.45) is 0 Å². The third-order valence-corrected chi connectivity index (χ3v) is 3.93. The molecule has 1 heterocycles. The number of nitrogens with one attached hydrogen (secondary N) is 1. The molecule has 20 heavy (non-hydrogen) atoms. The van der Waals surface area contributed by atoms with Crippen molar-refractivity contribution in [3.8, 4) is 0 Å². The van der Waals surface area contributed by atoms with Gasteiger partial charge >= 0.3 is 5.97 Å². The number of ether oxygens (including phenoxy) is 2. The van der Waals surface area contributed by atoms with Crippen LogP contribution in [0.2, 0.25) is 0 Å². The van der Waals surface area contributed by atoms with Gasteiger partial charge in [-0.05, 0) is 40.7 Å². The molecule has 0 saturated carbocycles. The Balaban J connectivity index is 2.59. The van der Waals surface area contributed by atoms with Crippen LogP contribution in [0.1, 0.15) is 41.0 Å². The smallest absolute Gasteiger partial charge is 0.326 e. The summed E-state index contributed by atoms with van der Waals surface area (Å²) in [6.07, 6.45) is 1.01. The van der Waals surface area contributed by atoms with Crippen molar-refractivity contribution < 1.29 is 14.3 Å². The highest BCUT2D eigenvalue weighted by Gasteiger charge is 2.35. The van der Waals surface area contributed by atoms with Gasteiger partial charge in [0.1, 0.15) is 5.54 Å². The second kappa shape index (κ2) is 7.96. The van der Waals surface area contributed by atoms with Crippen LogP contribution < -0.4 is 5.32 Å². The second-order valence-electron chi connectivity index (χ2n) is 5.82. The predicted octanol–water partition coefficient (Wildman–Crippen LogP) is 1.42. The molecular formula is C15H30N2O3. The van der Waals surface area contributed by atoms with Gasteiger partial charge in [0.2, 0.25) is 0 Å². The summed E-state index contributed by atoms with van der Waals surface area (Å²) in [5.74, 6) is -0.157. The van der Waals surface area contributed by atoms with Gasteiger partial charge in [-0.1, -0.05) is 6.92 Å². The van der Waals surface area contributed by atoms with E-state index in [4.69, 9.17) is 9.47 Å². The molecule has 3 unspecified atom stereocenters. The van der Waals surface area contributed by atoms with Gasteiger partial charge in [0, 0.05) is 19.1 Å². The molecule has 1 N–H and O–H groups in total. The van der Waals surface area contributed by atoms with Crippen molar-refractivity contribution in [1.82, 2.24) is 10.2 Å². The molecule has 0 aromatic rings. The summed E-state index contributed by atoms with van der Waals surface area (Å²) >= 11 is 0. The molecule has 1 rings (SSSR count). The van der Waals surface area contributed by atoms with Crippen molar-refractivity contribution in [1.29, 1.82) is 0 Å². The number of carbonyl (C=O) groups is 1. The van der Waals surface area contributed by atoms with Crippen LogP contribution in [0.4, 0.5) is 0 Å². The number of nitrogens with zero attached hydrogens (tertiary/aromatic N) is 1. The number of hydrogen-bond donors (Lipinski definition) is 1. The average molecular weight is 286 g/mol. The number of carbonyl (C=O) groups excluding carboxylic acids is 1. The minimum absolute atomic E-state index is 0.157. The van der Waals surface area contributed by atoms with Crippen molar-refractivity contribution >= 4 is 5.97 Å². The number of esters is 1. The molecule has 3 atom stereocenters. The molecule has 1 saturated heterocycles. The summed E-state index contributed by atoms with van der Waals surface area (Å²) in [5.41, 5.74) is -0.605. The van der Waals surface area contributed by atoms with Gasteiger partial charge in [0.15, 0.2) is 0 Å². The van der Waals surface area contributed by atoms with Crippen LogP contribution in [0, 0.1) is 0 Å². The highest BCUT2D eigenvalue weighted by Crippen LogP contribution is 2.17. The molecule has 1 fully saturated rings. The molecule has 0 amide bonds. The Kier molecular flexibility index (Phi) is 6.92. The molecule has 118 valence electrons. The molecule has 1 aliphatic heterocycles. The van der Waals surface area contributed by atoms with Gasteiger partial charge in [-0.25, -0.2) is 0 Å². The van der Waals surface area contributed by atoms with E-state index in [1.165, 1.54) is 0 Å². The summed E-state index contributed by atoms with van der Waals surface area (Å²) in [6.45, 7) is 13.8. The van der Waals surface area contributed by atoms with Crippen LogP contribution in [-0.4, -0.2) is 61.4 Å². The molecule has 0 aromatic carbocycles. The average Bonchev–Trinajstić information content (AvgIpc) is 2.40. The minimum Gasteiger partial charge on any atom is -0.465 e. The van der Waals surface area contributed by atoms with Gasteiger partial charge in [0.25, 0.3) is 0 Å². The molecule has 0 aliphatic carbocycles. The zero-order valence-corrected chi connectivity index (χ0v) is 13.6. The Morgan fingerprint density at radius 1 is 1.45 bits per heavy atom. The minimum atomic E-state index is -0.605. The van der Waals surface area contributed by atoms with Crippen molar-refractivity contribution in [3.05, 3.63) is 0 Å². The van der Waals surface area contributed by atoms with E-state index in [0.717, 1.165) is 32.7 Å². The first-order valence-electron chi connectivity index (χ1n) is 7.70. The Bertz CT molecular complexity index is 311. The molecule has 0 bridgehead atoms. The lowest BCUT2D eigenvalue weighted by molar-refractivity contribution is -0.151. The lowest BCUT2D eigenvalue weighted by atomic mass is 9.96. The van der Waals surface area contributed by atoms with E-state index >= 15 is 0 Å². The summed E-state index contributed by atoms with van der Waals surface area (Å²) in [5, 5.41) is 3.28. The van der Waals surface area contributed by atoms with E-state index in [1.807, 2.05) is 20.8 Å². The van der Waals surface area contributed by atoms with Gasteiger partial charge in [-0.15, -0.1) is 0 Å². The van der Waals surface area contributed by atoms with Gasteiger partial charge < -0.3 is 14.8 Å². The molecule has 0 spiro atoms. The summed E-state index contributed by atoms with van der Waals surface area (Å²) < 4.78 is 10.8. The standard InChI is InChI=1S/C15H30N2O3/c1-6-16-15(5,14(18)19-7-2)8-9-17-10-13(4)20-11-12(17)3/h12-13,16H,6-11H2,1-5H3. The normalized spacial score (nSPS) is 27.1. The maximum Gasteiger partial charge on any atom is 0.326 e. The largest absolute Gasteiger partial charge is 0.465 e. The first-order valence-corrected chi connectivity index (χ1v) is 7.70. The van der Waals surface area contributed by atoms with Crippen molar-refractivity contribution in [2.45, 2.75) is 58.7 Å². The van der Waals surface area contributed by atoms with Gasteiger partial charge in [-0.2, -0.15) is 0 Å². The molecular weight excluding hydrogens is 256 g/mol. The molecule has 5 nitrogen and oxygen atoms in total. The van der Waals surface area contributed by atoms with E-state index in [-0.39, 0.29) is 12.1 Å². The fourth-order valence-electron chi connectivity index (χ4n) is 2.59. The van der Waals surface area contributed by atoms with Crippen LogP contribution in [0.3, 0.4) is 0 Å². The van der Waals surface area contributed by atoms with Crippen molar-refractivity contribution in [3.63, 3.8) is 0 Å². The Labute approximate surface area is 123 Å². The number of morpholine rings is 1. The number of likely N-dealkylation sites (N-methyl/N-ethyl adjacent to an activating group) is 1. The molecule has 0 radical (unpaired) electrons. The SMILES string of the molecule is CCNC(C)(CCN1CC(C)OCC1C)C(=O)OCC. The Hall–Kier alpha value is -0.650. The van der Waals surface area contributed by atoms with Gasteiger partial charge in [0.05, 0.1) is 19.3 Å². The zero-order chi connectivity index (χ0) is 15.2. The Morgan fingerprint density at radius 2 is 2.15 bits per heavy atom. The van der Waals surface area contributed by atoms with Crippen LogP contribution in [0.25, 0.3) is 0 Å². The highest BCUT2D eigenvalue weighted by molar-refractivity contribution is 5.80. The zero-order valence-electron chi connectivity index (χ0n) is 13.6. The quantitative estimate of drug-likeness (QED) is 0.717. The van der Waals surface area contributed by atoms with E-state index in [1.54, 1.807) is 0 Å². The van der Waals surface area contributed by atoms with E-state index in [2.05, 4.69) is 24.1 Å². The summed E-state index contributed by atoms with van der Waals surface area (Å²) in [7, 11) is 0. The van der Waals surface area contributed by atoms with Gasteiger partial charge in [-0.3, -0.25) is 9.69 Å². The van der Waals surface area contributed by atoms with E-state index in [0.29, 0.717) is 12.6 Å². The lowest BCUT2D eigenvalue weighted by Crippen LogP contribution is -2.54. The van der Waals surface area contributed by atoms with Crippen LogP contribution in [0.5, 0.6) is 0 Å². The molecule has 5 heteroatoms. The maximum absolute atomic E-state index is 12.1. The fourth-order valence-corrected chi connectivity index (χ4v) is 2.59.